The molecule has 1 nitrogen and oxygen atoms in total. The molecular weight excluding hydrogens is 242 g/mol. The summed E-state index contributed by atoms with van der Waals surface area (Å²) in [5.41, 5.74) is 2.79. The van der Waals surface area contributed by atoms with Crippen LogP contribution in [0, 0.1) is 0 Å². The van der Waals surface area contributed by atoms with E-state index in [0.29, 0.717) is 11.8 Å². The predicted molar refractivity (Wildman–Crippen MR) is 76.2 cm³/mol. The quantitative estimate of drug-likeness (QED) is 0.863. The highest BCUT2D eigenvalue weighted by molar-refractivity contribution is 6.30. The van der Waals surface area contributed by atoms with E-state index in [0.717, 1.165) is 18.1 Å². The van der Waals surface area contributed by atoms with Crippen LogP contribution in [0.5, 0.6) is 0 Å². The van der Waals surface area contributed by atoms with Gasteiger partial charge in [-0.25, -0.2) is 0 Å². The summed E-state index contributed by atoms with van der Waals surface area (Å²) in [4.78, 5) is 0. The average Bonchev–Trinajstić information content (AvgIpc) is 2.90. The SMILES string of the molecule is Clc1ccc(C2CNCC2c2ccccc2)cc1. The lowest BCUT2D eigenvalue weighted by atomic mass is 9.84. The van der Waals surface area contributed by atoms with Gasteiger partial charge in [-0.1, -0.05) is 54.1 Å². The van der Waals surface area contributed by atoms with Crippen LogP contribution in [-0.4, -0.2) is 13.1 Å². The average molecular weight is 258 g/mol. The highest BCUT2D eigenvalue weighted by atomic mass is 35.5. The molecule has 1 fully saturated rings. The van der Waals surface area contributed by atoms with Crippen LogP contribution in [-0.2, 0) is 0 Å². The molecule has 2 atom stereocenters. The molecule has 1 saturated heterocycles. The van der Waals surface area contributed by atoms with Crippen LogP contribution in [0.4, 0.5) is 0 Å². The molecule has 1 aliphatic heterocycles. The third kappa shape index (κ3) is 2.29. The summed E-state index contributed by atoms with van der Waals surface area (Å²) in [7, 11) is 0. The van der Waals surface area contributed by atoms with E-state index >= 15 is 0 Å². The van der Waals surface area contributed by atoms with Crippen molar-refractivity contribution in [3.8, 4) is 0 Å². The van der Waals surface area contributed by atoms with Gasteiger partial charge in [-0.15, -0.1) is 0 Å². The molecule has 18 heavy (non-hydrogen) atoms. The lowest BCUT2D eigenvalue weighted by Gasteiger charge is -2.19. The maximum atomic E-state index is 5.96. The molecule has 3 rings (SSSR count). The Bertz CT molecular complexity index is 506. The molecule has 0 spiro atoms. The van der Waals surface area contributed by atoms with Gasteiger partial charge in [0.2, 0.25) is 0 Å². The Morgan fingerprint density at radius 2 is 1.33 bits per heavy atom. The van der Waals surface area contributed by atoms with E-state index in [1.54, 1.807) is 0 Å². The van der Waals surface area contributed by atoms with Crippen LogP contribution >= 0.6 is 11.6 Å². The van der Waals surface area contributed by atoms with Crippen LogP contribution in [0.15, 0.2) is 54.6 Å². The van der Waals surface area contributed by atoms with E-state index in [-0.39, 0.29) is 0 Å². The summed E-state index contributed by atoms with van der Waals surface area (Å²) in [6.07, 6.45) is 0. The summed E-state index contributed by atoms with van der Waals surface area (Å²) in [5, 5.41) is 4.31. The van der Waals surface area contributed by atoms with Crippen LogP contribution in [0.2, 0.25) is 5.02 Å². The van der Waals surface area contributed by atoms with Crippen molar-refractivity contribution < 1.29 is 0 Å². The lowest BCUT2D eigenvalue weighted by Crippen LogP contribution is -2.08. The summed E-state index contributed by atoms with van der Waals surface area (Å²) >= 11 is 5.96. The Kier molecular flexibility index (Phi) is 3.35. The van der Waals surface area contributed by atoms with Gasteiger partial charge >= 0.3 is 0 Å². The predicted octanol–water partition coefficient (Wildman–Crippen LogP) is 3.81. The summed E-state index contributed by atoms with van der Waals surface area (Å²) < 4.78 is 0. The molecule has 0 aliphatic carbocycles. The molecule has 0 radical (unpaired) electrons. The monoisotopic (exact) mass is 257 g/mol. The highest BCUT2D eigenvalue weighted by Crippen LogP contribution is 2.35. The smallest absolute Gasteiger partial charge is 0.0406 e. The number of rotatable bonds is 2. The van der Waals surface area contributed by atoms with E-state index in [9.17, 15) is 0 Å². The topological polar surface area (TPSA) is 12.0 Å². The molecule has 1 N–H and O–H groups in total. The molecule has 2 heteroatoms. The molecule has 2 aromatic carbocycles. The van der Waals surface area contributed by atoms with E-state index in [1.165, 1.54) is 11.1 Å². The molecule has 92 valence electrons. The van der Waals surface area contributed by atoms with E-state index in [2.05, 4.69) is 47.8 Å². The van der Waals surface area contributed by atoms with Crippen molar-refractivity contribution >= 4 is 11.6 Å². The molecule has 2 aromatic rings. The maximum Gasteiger partial charge on any atom is 0.0406 e. The zero-order valence-corrected chi connectivity index (χ0v) is 10.9. The fourth-order valence-corrected chi connectivity index (χ4v) is 2.92. The van der Waals surface area contributed by atoms with Crippen LogP contribution in [0.1, 0.15) is 23.0 Å². The van der Waals surface area contributed by atoms with Gasteiger partial charge in [0.15, 0.2) is 0 Å². The fraction of sp³-hybridized carbons (Fsp3) is 0.250. The minimum absolute atomic E-state index is 0.546. The minimum atomic E-state index is 0.546. The fourth-order valence-electron chi connectivity index (χ4n) is 2.79. The van der Waals surface area contributed by atoms with E-state index in [4.69, 9.17) is 11.6 Å². The van der Waals surface area contributed by atoms with Gasteiger partial charge in [-0.2, -0.15) is 0 Å². The highest BCUT2D eigenvalue weighted by Gasteiger charge is 2.29. The molecule has 0 bridgehead atoms. The number of benzene rings is 2. The Morgan fingerprint density at radius 3 is 1.94 bits per heavy atom. The first-order chi connectivity index (χ1) is 8.84. The van der Waals surface area contributed by atoms with Gasteiger partial charge in [0.05, 0.1) is 0 Å². The second-order valence-corrected chi connectivity index (χ2v) is 5.27. The second-order valence-electron chi connectivity index (χ2n) is 4.83. The normalized spacial score (nSPS) is 23.2. The van der Waals surface area contributed by atoms with Crippen LogP contribution in [0.25, 0.3) is 0 Å². The zero-order chi connectivity index (χ0) is 12.4. The number of hydrogen-bond donors (Lipinski definition) is 1. The van der Waals surface area contributed by atoms with Gasteiger partial charge in [0.1, 0.15) is 0 Å². The van der Waals surface area contributed by atoms with Crippen molar-refractivity contribution in [2.75, 3.05) is 13.1 Å². The standard InChI is InChI=1S/C16H16ClN/c17-14-8-6-13(7-9-14)16-11-18-10-15(16)12-4-2-1-3-5-12/h1-9,15-16,18H,10-11H2. The molecule has 1 heterocycles. The zero-order valence-electron chi connectivity index (χ0n) is 10.1. The molecule has 0 saturated carbocycles. The first kappa shape index (κ1) is 11.8. The van der Waals surface area contributed by atoms with Crippen molar-refractivity contribution in [1.82, 2.24) is 5.32 Å². The molecular formula is C16H16ClN. The van der Waals surface area contributed by atoms with Crippen LogP contribution in [0.3, 0.4) is 0 Å². The number of nitrogens with one attached hydrogen (secondary N) is 1. The van der Waals surface area contributed by atoms with Gasteiger partial charge in [-0.05, 0) is 23.3 Å². The van der Waals surface area contributed by atoms with Gasteiger partial charge in [0, 0.05) is 29.9 Å². The minimum Gasteiger partial charge on any atom is -0.315 e. The van der Waals surface area contributed by atoms with Gasteiger partial charge < -0.3 is 5.32 Å². The first-order valence-corrected chi connectivity index (χ1v) is 6.73. The second kappa shape index (κ2) is 5.13. The number of halogens is 1. The third-order valence-electron chi connectivity index (χ3n) is 3.74. The first-order valence-electron chi connectivity index (χ1n) is 6.36. The van der Waals surface area contributed by atoms with Crippen molar-refractivity contribution in [3.63, 3.8) is 0 Å². The molecule has 1 aliphatic rings. The van der Waals surface area contributed by atoms with Crippen molar-refractivity contribution in [2.45, 2.75) is 11.8 Å². The largest absolute Gasteiger partial charge is 0.315 e. The van der Waals surface area contributed by atoms with Crippen LogP contribution < -0.4 is 5.32 Å². The van der Waals surface area contributed by atoms with Gasteiger partial charge in [-0.3, -0.25) is 0 Å². The third-order valence-corrected chi connectivity index (χ3v) is 3.99. The Hall–Kier alpha value is -1.31. The Balaban J connectivity index is 1.90. The summed E-state index contributed by atoms with van der Waals surface area (Å²) in [6, 6.07) is 19.0. The molecule has 2 unspecified atom stereocenters. The van der Waals surface area contributed by atoms with Crippen molar-refractivity contribution in [1.29, 1.82) is 0 Å². The van der Waals surface area contributed by atoms with E-state index < -0.39 is 0 Å². The lowest BCUT2D eigenvalue weighted by molar-refractivity contribution is 0.666. The van der Waals surface area contributed by atoms with Gasteiger partial charge in [0.25, 0.3) is 0 Å². The molecule has 0 amide bonds. The number of hydrogen-bond acceptors (Lipinski definition) is 1. The van der Waals surface area contributed by atoms with E-state index in [1.807, 2.05) is 12.1 Å². The summed E-state index contributed by atoms with van der Waals surface area (Å²) in [5.74, 6) is 1.11. The van der Waals surface area contributed by atoms with Crippen molar-refractivity contribution in [3.05, 3.63) is 70.7 Å². The summed E-state index contributed by atoms with van der Waals surface area (Å²) in [6.45, 7) is 2.10. The Labute approximate surface area is 113 Å². The Morgan fingerprint density at radius 1 is 0.778 bits per heavy atom. The maximum absolute atomic E-state index is 5.96. The van der Waals surface area contributed by atoms with Crippen molar-refractivity contribution in [2.24, 2.45) is 0 Å². The molecule has 0 aromatic heterocycles.